The fraction of sp³-hybridized carbons (Fsp3) is 0.279. The Labute approximate surface area is 330 Å². The molecule has 5 rings (SSSR count). The van der Waals surface area contributed by atoms with E-state index in [0.29, 0.717) is 37.6 Å². The van der Waals surface area contributed by atoms with Gasteiger partial charge in [-0.15, -0.1) is 0 Å². The van der Waals surface area contributed by atoms with Crippen molar-refractivity contribution in [3.05, 3.63) is 133 Å². The van der Waals surface area contributed by atoms with E-state index in [1.807, 2.05) is 25.1 Å². The molecule has 0 atom stereocenters. The predicted octanol–water partition coefficient (Wildman–Crippen LogP) is 9.01. The molecule has 0 aliphatic carbocycles. The van der Waals surface area contributed by atoms with E-state index < -0.39 is 43.6 Å². The molecule has 0 unspecified atom stereocenters. The minimum Gasteiger partial charge on any atom is -0.487 e. The summed E-state index contributed by atoms with van der Waals surface area (Å²) in [6.45, 7) is 12.0. The summed E-state index contributed by atoms with van der Waals surface area (Å²) in [6, 6.07) is 32.4. The minimum absolute atomic E-state index is 0.0304. The number of hydrogen-bond acceptors (Lipinski definition) is 11. The molecule has 13 heteroatoms. The van der Waals surface area contributed by atoms with Gasteiger partial charge in [-0.1, -0.05) is 29.8 Å². The fourth-order valence-corrected chi connectivity index (χ4v) is 10.5. The molecule has 0 aliphatic heterocycles. The molecule has 5 aromatic rings. The highest BCUT2D eigenvalue weighted by Crippen LogP contribution is 2.70. The first kappa shape index (κ1) is 41.8. The quantitative estimate of drug-likeness (QED) is 0.0939. The molecule has 56 heavy (non-hydrogen) atoms. The van der Waals surface area contributed by atoms with E-state index in [4.69, 9.17) is 27.3 Å². The van der Waals surface area contributed by atoms with Crippen LogP contribution in [0, 0.1) is 6.92 Å². The molecule has 0 fully saturated rings. The lowest BCUT2D eigenvalue weighted by Crippen LogP contribution is -2.27. The zero-order valence-electron chi connectivity index (χ0n) is 32.5. The molecule has 0 N–H and O–H groups in total. The van der Waals surface area contributed by atoms with Crippen LogP contribution in [0.4, 0.5) is 0 Å². The number of nitrogens with zero attached hydrogens (tertiary/aromatic N) is 1. The molecule has 0 radical (unpaired) electrons. The molecule has 296 valence electrons. The lowest BCUT2D eigenvalue weighted by molar-refractivity contribution is -0.158. The maximum absolute atomic E-state index is 14.4. The molecule has 0 bridgehead atoms. The number of aryl methyl sites for hydroxylation is 1. The third kappa shape index (κ3) is 11.6. The molecule has 0 amide bonds. The van der Waals surface area contributed by atoms with Crippen LogP contribution in [-0.2, 0) is 39.4 Å². The van der Waals surface area contributed by atoms with Gasteiger partial charge in [-0.3, -0.25) is 4.98 Å². The zero-order valence-corrected chi connectivity index (χ0v) is 34.1. The maximum atomic E-state index is 14.4. The van der Waals surface area contributed by atoms with Crippen LogP contribution >= 0.6 is 10.3 Å². The highest BCUT2D eigenvalue weighted by atomic mass is 32.3. The van der Waals surface area contributed by atoms with Crippen LogP contribution in [0.25, 0.3) is 0 Å². The van der Waals surface area contributed by atoms with Crippen molar-refractivity contribution in [2.45, 2.75) is 85.9 Å². The first-order chi connectivity index (χ1) is 26.4. The largest absolute Gasteiger partial charge is 0.487 e. The third-order valence-corrected chi connectivity index (χ3v) is 12.8. The molecule has 4 aromatic carbocycles. The zero-order chi connectivity index (χ0) is 40.6. The third-order valence-electron chi connectivity index (χ3n) is 7.62. The number of carbonyl (C=O) groups excluding carboxylic acids is 2. The van der Waals surface area contributed by atoms with Crippen molar-refractivity contribution in [2.24, 2.45) is 0 Å². The summed E-state index contributed by atoms with van der Waals surface area (Å²) >= 11 is 0. The van der Waals surface area contributed by atoms with E-state index >= 15 is 0 Å². The molecule has 0 saturated carbocycles. The Balaban J connectivity index is 1.61. The summed E-state index contributed by atoms with van der Waals surface area (Å²) in [6.07, 6.45) is 1.68. The van der Waals surface area contributed by atoms with Gasteiger partial charge in [0.25, 0.3) is 0 Å². The smallest absolute Gasteiger partial charge is 0.344 e. The summed E-state index contributed by atoms with van der Waals surface area (Å²) in [5.41, 5.74) is 0.224. The molecule has 0 aliphatic rings. The lowest BCUT2D eigenvalue weighted by Gasteiger charge is -2.39. The van der Waals surface area contributed by atoms with E-state index in [-0.39, 0.29) is 24.7 Å². The van der Waals surface area contributed by atoms with E-state index in [9.17, 15) is 18.0 Å². The predicted molar refractivity (Wildman–Crippen MR) is 212 cm³/mol. The molecule has 0 spiro atoms. The van der Waals surface area contributed by atoms with E-state index in [0.717, 1.165) is 5.56 Å². The summed E-state index contributed by atoms with van der Waals surface area (Å²) in [7, 11) is -7.62. The van der Waals surface area contributed by atoms with Crippen LogP contribution in [0.3, 0.4) is 0 Å². The Morgan fingerprint density at radius 3 is 1.57 bits per heavy atom. The van der Waals surface area contributed by atoms with E-state index in [1.165, 1.54) is 12.1 Å². The van der Waals surface area contributed by atoms with Gasteiger partial charge in [-0.05, 0) is 150 Å². The number of esters is 2. The molecular weight excluding hydrogens is 755 g/mol. The van der Waals surface area contributed by atoms with Crippen molar-refractivity contribution in [3.8, 4) is 17.2 Å². The van der Waals surface area contributed by atoms with Gasteiger partial charge in [0.05, 0.1) is 10.6 Å². The van der Waals surface area contributed by atoms with Crippen molar-refractivity contribution >= 4 is 32.4 Å². The number of benzene rings is 4. The Morgan fingerprint density at radius 2 is 1.09 bits per heavy atom. The average Bonchev–Trinajstić information content (AvgIpc) is 3.14. The number of aromatic nitrogens is 1. The van der Waals surface area contributed by atoms with Gasteiger partial charge < -0.3 is 23.7 Å². The molecule has 1 heterocycles. The normalized spacial score (nSPS) is 12.3. The summed E-state index contributed by atoms with van der Waals surface area (Å²) in [5.74, 6) is 0.0902. The van der Waals surface area contributed by atoms with Gasteiger partial charge in [0.15, 0.2) is 13.2 Å². The molecule has 0 saturated heterocycles. The second-order valence-corrected chi connectivity index (χ2v) is 19.1. The fourth-order valence-electron chi connectivity index (χ4n) is 5.27. The van der Waals surface area contributed by atoms with Crippen molar-refractivity contribution in [2.75, 3.05) is 13.2 Å². The highest BCUT2D eigenvalue weighted by Gasteiger charge is 2.39. The standard InChI is InChI=1S/C43H47NO10S2/c1-31-14-20-38(21-15-31)56(47,48)54-55(36-22-16-33(17-23-36)50-29-40(45)52-42(2,3)4,37-24-18-34(19-25-37)51-30-41(46)53-43(5,6)7)39-13-10-12-35(27-39)49-28-32-11-8-9-26-44-32/h8-27H,28-30H2,1-7H3. The van der Waals surface area contributed by atoms with Gasteiger partial charge >= 0.3 is 22.1 Å². The average molecular weight is 802 g/mol. The highest BCUT2D eigenvalue weighted by molar-refractivity contribution is 8.33. The number of ether oxygens (including phenoxy) is 5. The molecule has 11 nitrogen and oxygen atoms in total. The second-order valence-electron chi connectivity index (χ2n) is 14.7. The van der Waals surface area contributed by atoms with E-state index in [2.05, 4.69) is 4.98 Å². The Bertz CT molecular complexity index is 2120. The van der Waals surface area contributed by atoms with Crippen molar-refractivity contribution in [3.63, 3.8) is 0 Å². The van der Waals surface area contributed by atoms with Gasteiger partial charge in [0, 0.05) is 20.9 Å². The van der Waals surface area contributed by atoms with Crippen LogP contribution < -0.4 is 14.2 Å². The number of pyridine rings is 1. The monoisotopic (exact) mass is 801 g/mol. The molecule has 1 aromatic heterocycles. The van der Waals surface area contributed by atoms with E-state index in [1.54, 1.807) is 133 Å². The van der Waals surface area contributed by atoms with Gasteiger partial charge in [0.1, 0.15) is 35.1 Å². The van der Waals surface area contributed by atoms with Gasteiger partial charge in [-0.2, -0.15) is 8.42 Å². The SMILES string of the molecule is Cc1ccc(S(=O)(=O)OS(c2ccc(OCC(=O)OC(C)(C)C)cc2)(c2ccc(OCC(=O)OC(C)(C)C)cc2)c2cccc(OCc3ccccn3)c2)cc1. The lowest BCUT2D eigenvalue weighted by atomic mass is 10.2. The topological polar surface area (TPSA) is 137 Å². The Morgan fingerprint density at radius 1 is 0.571 bits per heavy atom. The first-order valence-electron chi connectivity index (χ1n) is 17.8. The van der Waals surface area contributed by atoms with Gasteiger partial charge in [0.2, 0.25) is 0 Å². The minimum atomic E-state index is -4.44. The first-order valence-corrected chi connectivity index (χ1v) is 20.8. The Hall–Kier alpha value is -5.37. The van der Waals surface area contributed by atoms with Crippen LogP contribution in [0.2, 0.25) is 0 Å². The second kappa shape index (κ2) is 17.6. The number of hydrogen-bond donors (Lipinski definition) is 0. The van der Waals surface area contributed by atoms with Crippen LogP contribution in [0.15, 0.2) is 141 Å². The number of rotatable bonds is 15. The molecular formula is C43H47NO10S2. The van der Waals surface area contributed by atoms with Crippen molar-refractivity contribution in [1.82, 2.24) is 4.98 Å². The summed E-state index contributed by atoms with van der Waals surface area (Å²) in [4.78, 5) is 30.6. The van der Waals surface area contributed by atoms with Gasteiger partial charge in [-0.25, -0.2) is 13.2 Å². The summed E-state index contributed by atoms with van der Waals surface area (Å²) in [5, 5.41) is 0. The van der Waals surface area contributed by atoms with Crippen molar-refractivity contribution in [1.29, 1.82) is 0 Å². The Kier molecular flexibility index (Phi) is 13.1. The van der Waals surface area contributed by atoms with Crippen LogP contribution in [0.1, 0.15) is 52.8 Å². The van der Waals surface area contributed by atoms with Crippen molar-refractivity contribution < 1.29 is 45.3 Å². The van der Waals surface area contributed by atoms with Crippen LogP contribution in [-0.4, -0.2) is 49.8 Å². The number of carbonyl (C=O) groups is 2. The maximum Gasteiger partial charge on any atom is 0.344 e. The van der Waals surface area contributed by atoms with Crippen LogP contribution in [0.5, 0.6) is 17.2 Å². The summed E-state index contributed by atoms with van der Waals surface area (Å²) < 4.78 is 63.8.